The van der Waals surface area contributed by atoms with Crippen molar-refractivity contribution in [3.8, 4) is 11.5 Å². The van der Waals surface area contributed by atoms with E-state index in [1.807, 2.05) is 30.0 Å². The minimum absolute atomic E-state index is 0.168. The highest BCUT2D eigenvalue weighted by atomic mass is 35.5. The average molecular weight is 753 g/mol. The van der Waals surface area contributed by atoms with Gasteiger partial charge in [-0.25, -0.2) is 0 Å². The van der Waals surface area contributed by atoms with Gasteiger partial charge in [0.2, 0.25) is 5.91 Å². The molecule has 280 valence electrons. The van der Waals surface area contributed by atoms with Gasteiger partial charge in [0.05, 0.1) is 25.8 Å². The fourth-order valence-electron chi connectivity index (χ4n) is 8.82. The number of hydrogen-bond donors (Lipinski definition) is 2. The molecule has 1 aliphatic heterocycles. The van der Waals surface area contributed by atoms with E-state index in [1.165, 1.54) is 27.8 Å². The first kappa shape index (κ1) is 37.6. The fraction of sp³-hybridized carbons (Fsp3) is 0.455. The maximum absolute atomic E-state index is 12.6. The number of thioether (sulfide) groups is 1. The molecule has 7 rings (SSSR count). The van der Waals surface area contributed by atoms with Gasteiger partial charge in [0, 0.05) is 52.6 Å². The Balaban J connectivity index is 0.788. The van der Waals surface area contributed by atoms with Crippen molar-refractivity contribution in [3.63, 3.8) is 0 Å². The third-order valence-corrected chi connectivity index (χ3v) is 12.6. The summed E-state index contributed by atoms with van der Waals surface area (Å²) in [5.74, 6) is 4.66. The maximum atomic E-state index is 12.6. The van der Waals surface area contributed by atoms with Crippen LogP contribution in [-0.2, 0) is 17.6 Å². The summed E-state index contributed by atoms with van der Waals surface area (Å²) in [7, 11) is 3.41. The summed E-state index contributed by atoms with van der Waals surface area (Å²) in [5, 5.41) is 4.87. The van der Waals surface area contributed by atoms with Crippen molar-refractivity contribution >= 4 is 45.9 Å². The standard InChI is InChI=1S/C44H53ClN4O3S/c1-51-39-26-32-15-19-49(44(31-11-4-3-5-12-31)36(32)28-40(39)52-2)18-8-9-20-53-21-16-41(50)47-17-7-6-10-29-22-30-24-33(23-29)42-38(25-30)48-37-27-34(45)13-14-35(37)43(42)46/h3-5,11-14,22,26-28,30,33,44H,6-10,15-21,23-25H2,1-2H3,(H2,46,48)(H,47,50)/t30-,33-,44?/m0/s1. The summed E-state index contributed by atoms with van der Waals surface area (Å²) in [5.41, 5.74) is 16.4. The molecule has 1 aromatic heterocycles. The summed E-state index contributed by atoms with van der Waals surface area (Å²) in [6.07, 6.45) is 12.7. The van der Waals surface area contributed by atoms with E-state index in [0.29, 0.717) is 23.3 Å². The second-order valence-corrected chi connectivity index (χ2v) is 16.5. The van der Waals surface area contributed by atoms with Gasteiger partial charge in [-0.2, -0.15) is 11.8 Å². The van der Waals surface area contributed by atoms with Crippen LogP contribution in [0.4, 0.5) is 5.69 Å². The highest BCUT2D eigenvalue weighted by molar-refractivity contribution is 7.99. The number of hydrogen-bond acceptors (Lipinski definition) is 7. The summed E-state index contributed by atoms with van der Waals surface area (Å²) in [6.45, 7) is 2.81. The highest BCUT2D eigenvalue weighted by Gasteiger charge is 2.34. The van der Waals surface area contributed by atoms with Gasteiger partial charge < -0.3 is 20.5 Å². The van der Waals surface area contributed by atoms with Gasteiger partial charge >= 0.3 is 0 Å². The number of aromatic nitrogens is 1. The molecule has 2 aliphatic carbocycles. The second kappa shape index (κ2) is 17.6. The second-order valence-electron chi connectivity index (χ2n) is 14.9. The van der Waals surface area contributed by atoms with Crippen LogP contribution in [0.25, 0.3) is 10.9 Å². The van der Waals surface area contributed by atoms with E-state index in [4.69, 9.17) is 31.8 Å². The monoisotopic (exact) mass is 752 g/mol. The topological polar surface area (TPSA) is 89.7 Å². The van der Waals surface area contributed by atoms with Gasteiger partial charge in [0.25, 0.3) is 0 Å². The van der Waals surface area contributed by atoms with Gasteiger partial charge in [0.1, 0.15) is 0 Å². The summed E-state index contributed by atoms with van der Waals surface area (Å²) < 4.78 is 11.3. The Kier molecular flexibility index (Phi) is 12.5. The first-order chi connectivity index (χ1) is 25.9. The lowest BCUT2D eigenvalue weighted by molar-refractivity contribution is -0.120. The lowest BCUT2D eigenvalue weighted by Crippen LogP contribution is -2.37. The van der Waals surface area contributed by atoms with Crippen molar-refractivity contribution < 1.29 is 14.3 Å². The van der Waals surface area contributed by atoms with Crippen LogP contribution >= 0.6 is 23.4 Å². The van der Waals surface area contributed by atoms with E-state index < -0.39 is 0 Å². The number of nitrogen functional groups attached to an aromatic ring is 1. The molecule has 0 fully saturated rings. The Morgan fingerprint density at radius 1 is 1.00 bits per heavy atom. The SMILES string of the molecule is COc1cc2c(cc1OC)C(c1ccccc1)N(CCCCSCCC(=O)NCCCCC1=C[C@@H]3Cc4nc5cc(Cl)ccc5c(N)c4[C@@H](C1)C3)CC2. The zero-order valence-corrected chi connectivity index (χ0v) is 32.7. The first-order valence-corrected chi connectivity index (χ1v) is 20.9. The molecule has 3 aliphatic rings. The lowest BCUT2D eigenvalue weighted by atomic mass is 9.70. The van der Waals surface area contributed by atoms with Crippen LogP contribution in [0.5, 0.6) is 11.5 Å². The number of nitrogens with two attached hydrogens (primary N) is 1. The number of carbonyl (C=O) groups excluding carboxylic acids is 1. The normalized spacial score (nSPS) is 19.3. The number of rotatable bonds is 16. The minimum Gasteiger partial charge on any atom is -0.493 e. The number of allylic oxidation sites excluding steroid dienone is 2. The molecule has 3 aromatic carbocycles. The third kappa shape index (κ3) is 8.82. The lowest BCUT2D eigenvalue weighted by Gasteiger charge is -2.38. The maximum Gasteiger partial charge on any atom is 0.220 e. The number of halogens is 1. The number of benzene rings is 3. The average Bonchev–Trinajstić information content (AvgIpc) is 3.16. The van der Waals surface area contributed by atoms with Crippen molar-refractivity contribution in [1.82, 2.24) is 15.2 Å². The molecule has 3 atom stereocenters. The van der Waals surface area contributed by atoms with E-state index in [2.05, 4.69) is 58.8 Å². The minimum atomic E-state index is 0.168. The molecular formula is C44H53ClN4O3S. The molecule has 9 heteroatoms. The molecule has 4 aromatic rings. The van der Waals surface area contributed by atoms with Crippen molar-refractivity contribution in [2.24, 2.45) is 5.92 Å². The van der Waals surface area contributed by atoms with Crippen molar-refractivity contribution in [2.75, 3.05) is 51.1 Å². The van der Waals surface area contributed by atoms with Crippen molar-refractivity contribution in [1.29, 1.82) is 0 Å². The smallest absolute Gasteiger partial charge is 0.220 e. The highest BCUT2D eigenvalue weighted by Crippen LogP contribution is 2.47. The van der Waals surface area contributed by atoms with Crippen LogP contribution in [0.15, 0.2) is 72.3 Å². The van der Waals surface area contributed by atoms with Crippen LogP contribution in [0, 0.1) is 5.92 Å². The molecule has 0 radical (unpaired) electrons. The Bertz CT molecular complexity index is 1940. The Labute approximate surface area is 324 Å². The van der Waals surface area contributed by atoms with Crippen molar-refractivity contribution in [2.45, 2.75) is 76.2 Å². The third-order valence-electron chi connectivity index (χ3n) is 11.3. The number of pyridine rings is 1. The van der Waals surface area contributed by atoms with E-state index in [-0.39, 0.29) is 11.9 Å². The van der Waals surface area contributed by atoms with Crippen LogP contribution in [-0.4, -0.2) is 61.2 Å². The number of anilines is 1. The zero-order valence-electron chi connectivity index (χ0n) is 31.2. The molecule has 1 unspecified atom stereocenters. The quantitative estimate of drug-likeness (QED) is 0.0871. The number of methoxy groups -OCH3 is 2. The number of ether oxygens (including phenoxy) is 2. The molecule has 0 spiro atoms. The first-order valence-electron chi connectivity index (χ1n) is 19.4. The van der Waals surface area contributed by atoms with Gasteiger partial charge in [0.15, 0.2) is 11.5 Å². The summed E-state index contributed by atoms with van der Waals surface area (Å²) in [4.78, 5) is 20.2. The number of fused-ring (bicyclic) bond motifs is 6. The number of carbonyl (C=O) groups is 1. The zero-order chi connectivity index (χ0) is 36.7. The fourth-order valence-corrected chi connectivity index (χ4v) is 9.92. The molecule has 2 bridgehead atoms. The summed E-state index contributed by atoms with van der Waals surface area (Å²) >= 11 is 8.13. The van der Waals surface area contributed by atoms with E-state index in [9.17, 15) is 4.79 Å². The number of nitrogens with one attached hydrogen (secondary N) is 1. The van der Waals surface area contributed by atoms with Gasteiger partial charge in [-0.3, -0.25) is 14.7 Å². The van der Waals surface area contributed by atoms with E-state index >= 15 is 0 Å². The van der Waals surface area contributed by atoms with Crippen molar-refractivity contribution in [3.05, 3.63) is 105 Å². The molecule has 1 amide bonds. The van der Waals surface area contributed by atoms with Gasteiger partial charge in [-0.05, 0) is 129 Å². The molecule has 3 N–H and O–H groups in total. The molecule has 2 heterocycles. The van der Waals surface area contributed by atoms with Crippen LogP contribution in [0.1, 0.15) is 91.3 Å². The molecule has 7 nitrogen and oxygen atoms in total. The van der Waals surface area contributed by atoms with Crippen LogP contribution < -0.4 is 20.5 Å². The summed E-state index contributed by atoms with van der Waals surface area (Å²) in [6, 6.07) is 21.2. The van der Waals surface area contributed by atoms with Gasteiger partial charge in [-0.1, -0.05) is 53.6 Å². The van der Waals surface area contributed by atoms with Gasteiger partial charge in [-0.15, -0.1) is 0 Å². The van der Waals surface area contributed by atoms with E-state index in [1.54, 1.807) is 14.2 Å². The molecule has 0 saturated heterocycles. The molecule has 0 saturated carbocycles. The molecular weight excluding hydrogens is 700 g/mol. The number of unbranched alkanes of at least 4 members (excludes halogenated alkanes) is 2. The Morgan fingerprint density at radius 3 is 2.66 bits per heavy atom. The van der Waals surface area contributed by atoms with Crippen LogP contribution in [0.2, 0.25) is 5.02 Å². The Morgan fingerprint density at radius 2 is 1.83 bits per heavy atom. The predicted octanol–water partition coefficient (Wildman–Crippen LogP) is 9.30. The molecule has 53 heavy (non-hydrogen) atoms. The number of nitrogens with zero attached hydrogens (tertiary/aromatic N) is 2. The Hall–Kier alpha value is -3.72. The van der Waals surface area contributed by atoms with E-state index in [0.717, 1.165) is 123 Å². The van der Waals surface area contributed by atoms with Crippen LogP contribution in [0.3, 0.4) is 0 Å². The predicted molar refractivity (Wildman–Crippen MR) is 220 cm³/mol. The largest absolute Gasteiger partial charge is 0.493 e. The number of amides is 1.